The van der Waals surface area contributed by atoms with Crippen molar-refractivity contribution in [2.45, 2.75) is 0 Å². The molecule has 0 unspecified atom stereocenters. The van der Waals surface area contributed by atoms with Gasteiger partial charge in [-0.1, -0.05) is 127 Å². The minimum Gasteiger partial charge on any atom is -0.231 e. The van der Waals surface area contributed by atoms with Gasteiger partial charge in [-0.2, -0.15) is 5.10 Å². The summed E-state index contributed by atoms with van der Waals surface area (Å²) in [4.78, 5) is 1.17. The number of nitrogens with zero attached hydrogens (tertiary/aromatic N) is 2. The van der Waals surface area contributed by atoms with E-state index in [1.54, 1.807) is 0 Å². The van der Waals surface area contributed by atoms with Crippen LogP contribution in [0.4, 0.5) is 0 Å². The second kappa shape index (κ2) is 10.0. The highest BCUT2D eigenvalue weighted by Crippen LogP contribution is 2.45. The normalized spacial score (nSPS) is 11.6. The van der Waals surface area contributed by atoms with E-state index in [1.165, 1.54) is 53.2 Å². The third kappa shape index (κ3) is 3.98. The van der Waals surface area contributed by atoms with Gasteiger partial charge < -0.3 is 0 Å². The molecule has 0 fully saturated rings. The van der Waals surface area contributed by atoms with Crippen LogP contribution >= 0.6 is 11.3 Å². The highest BCUT2D eigenvalue weighted by molar-refractivity contribution is 7.22. The lowest BCUT2D eigenvalue weighted by Gasteiger charge is -2.15. The van der Waals surface area contributed by atoms with Gasteiger partial charge in [-0.15, -0.1) is 11.3 Å². The van der Waals surface area contributed by atoms with Crippen molar-refractivity contribution < 1.29 is 0 Å². The number of hydrogen-bond acceptors (Lipinski definition) is 2. The van der Waals surface area contributed by atoms with E-state index >= 15 is 0 Å². The molecule has 0 aliphatic heterocycles. The first-order valence-corrected chi connectivity index (χ1v) is 15.7. The van der Waals surface area contributed by atoms with E-state index in [1.807, 2.05) is 11.3 Å². The Morgan fingerprint density at radius 3 is 1.80 bits per heavy atom. The molecule has 9 aromatic rings. The van der Waals surface area contributed by atoms with E-state index in [0.29, 0.717) is 0 Å². The van der Waals surface area contributed by atoms with Crippen LogP contribution in [0.25, 0.3) is 81.2 Å². The summed E-state index contributed by atoms with van der Waals surface area (Å²) in [7, 11) is 0. The molecule has 3 aromatic heterocycles. The summed E-state index contributed by atoms with van der Waals surface area (Å²) in [5.74, 6) is 0. The van der Waals surface area contributed by atoms with E-state index in [4.69, 9.17) is 5.10 Å². The zero-order valence-electron chi connectivity index (χ0n) is 23.8. The van der Waals surface area contributed by atoms with Crippen LogP contribution < -0.4 is 0 Å². The van der Waals surface area contributed by atoms with Gasteiger partial charge >= 0.3 is 0 Å². The Balaban J connectivity index is 1.45. The Labute approximate surface area is 259 Å². The number of benzene rings is 6. The number of fused-ring (bicyclic) bond motifs is 5. The summed E-state index contributed by atoms with van der Waals surface area (Å²) in [6, 6.07) is 56.7. The maximum Gasteiger partial charge on any atom is 0.111 e. The molecule has 0 saturated carbocycles. The third-order valence-electron chi connectivity index (χ3n) is 8.59. The number of aromatic nitrogens is 2. The van der Waals surface area contributed by atoms with Gasteiger partial charge in [-0.05, 0) is 68.6 Å². The van der Waals surface area contributed by atoms with E-state index in [9.17, 15) is 0 Å². The largest absolute Gasteiger partial charge is 0.231 e. The van der Waals surface area contributed by atoms with E-state index in [-0.39, 0.29) is 0 Å². The van der Waals surface area contributed by atoms with Crippen molar-refractivity contribution in [3.8, 4) is 44.1 Å². The van der Waals surface area contributed by atoms with Crippen molar-refractivity contribution in [3.05, 3.63) is 158 Å². The maximum absolute atomic E-state index is 5.52. The Bertz CT molecular complexity index is 2450. The van der Waals surface area contributed by atoms with Crippen LogP contribution in [0, 0.1) is 0 Å². The molecular weight excluding hydrogens is 553 g/mol. The predicted molar refractivity (Wildman–Crippen MR) is 187 cm³/mol. The van der Waals surface area contributed by atoms with Crippen LogP contribution in [0.5, 0.6) is 0 Å². The second-order valence-electron chi connectivity index (χ2n) is 11.2. The summed E-state index contributed by atoms with van der Waals surface area (Å²) in [5, 5.41) is 11.6. The summed E-state index contributed by atoms with van der Waals surface area (Å²) in [6.07, 6.45) is 0. The first kappa shape index (κ1) is 25.0. The molecule has 0 bridgehead atoms. The Kier molecular flexibility index (Phi) is 5.71. The SMILES string of the molecule is c1ccc(-c2cc3ccccc3cc2-c2cc3ccccc3c3c(-c4ccccc4)c(-c4cc5ccccc5s4)nn23)cc1. The summed E-state index contributed by atoms with van der Waals surface area (Å²) in [5.41, 5.74) is 9.09. The topological polar surface area (TPSA) is 17.3 Å². The molecule has 0 saturated heterocycles. The van der Waals surface area contributed by atoms with Crippen LogP contribution in [-0.2, 0) is 0 Å². The molecule has 0 radical (unpaired) electrons. The van der Waals surface area contributed by atoms with Crippen LogP contribution in [0.15, 0.2) is 158 Å². The quantitative estimate of drug-likeness (QED) is 0.203. The molecule has 0 aliphatic rings. The summed E-state index contributed by atoms with van der Waals surface area (Å²) >= 11 is 1.81. The van der Waals surface area contributed by atoms with Gasteiger partial charge in [0, 0.05) is 21.2 Å². The van der Waals surface area contributed by atoms with E-state index in [0.717, 1.165) is 28.0 Å². The molecule has 2 nitrogen and oxygen atoms in total. The van der Waals surface area contributed by atoms with Crippen molar-refractivity contribution in [1.82, 2.24) is 9.61 Å². The van der Waals surface area contributed by atoms with Crippen LogP contribution in [-0.4, -0.2) is 9.61 Å². The minimum absolute atomic E-state index is 1.01. The first-order chi connectivity index (χ1) is 21.8. The van der Waals surface area contributed by atoms with Gasteiger partial charge in [0.15, 0.2) is 0 Å². The lowest BCUT2D eigenvalue weighted by Crippen LogP contribution is -1.98. The fourth-order valence-corrected chi connectivity index (χ4v) is 7.59. The fraction of sp³-hybridized carbons (Fsp3) is 0. The standard InChI is InChI=1S/C41H26N2S/c1-3-13-27(14-4-1)34-23-29-17-7-8-18-30(29)24-35(34)36-25-31-19-9-11-21-33(31)41-39(28-15-5-2-6-16-28)40(42-43(36)41)38-26-32-20-10-12-22-37(32)44-38/h1-26H. The van der Waals surface area contributed by atoms with Gasteiger partial charge in [0.25, 0.3) is 0 Å². The van der Waals surface area contributed by atoms with Crippen LogP contribution in [0.3, 0.4) is 0 Å². The molecule has 0 spiro atoms. The minimum atomic E-state index is 1.01. The Morgan fingerprint density at radius 1 is 0.477 bits per heavy atom. The van der Waals surface area contributed by atoms with Crippen molar-refractivity contribution in [2.24, 2.45) is 0 Å². The van der Waals surface area contributed by atoms with Gasteiger partial charge in [-0.25, -0.2) is 4.52 Å². The summed E-state index contributed by atoms with van der Waals surface area (Å²) < 4.78 is 3.48. The van der Waals surface area contributed by atoms with Crippen molar-refractivity contribution in [2.75, 3.05) is 0 Å². The van der Waals surface area contributed by atoms with Gasteiger partial charge in [0.05, 0.1) is 16.1 Å². The lowest BCUT2D eigenvalue weighted by molar-refractivity contribution is 0.982. The lowest BCUT2D eigenvalue weighted by atomic mass is 9.92. The second-order valence-corrected chi connectivity index (χ2v) is 12.3. The number of pyridine rings is 1. The number of thiophene rings is 1. The molecule has 0 aliphatic carbocycles. The predicted octanol–water partition coefficient (Wildman–Crippen LogP) is 11.5. The van der Waals surface area contributed by atoms with Crippen LogP contribution in [0.1, 0.15) is 0 Å². The van der Waals surface area contributed by atoms with E-state index < -0.39 is 0 Å². The molecule has 9 rings (SSSR count). The maximum atomic E-state index is 5.52. The molecule has 6 aromatic carbocycles. The zero-order valence-corrected chi connectivity index (χ0v) is 24.6. The molecule has 3 heterocycles. The summed E-state index contributed by atoms with van der Waals surface area (Å²) in [6.45, 7) is 0. The van der Waals surface area contributed by atoms with Crippen LogP contribution in [0.2, 0.25) is 0 Å². The highest BCUT2D eigenvalue weighted by atomic mass is 32.1. The number of hydrogen-bond donors (Lipinski definition) is 0. The molecule has 0 amide bonds. The average molecular weight is 579 g/mol. The van der Waals surface area contributed by atoms with E-state index in [2.05, 4.69) is 162 Å². The molecule has 0 N–H and O–H groups in total. The molecule has 206 valence electrons. The zero-order chi connectivity index (χ0) is 29.0. The molecule has 44 heavy (non-hydrogen) atoms. The Morgan fingerprint density at radius 2 is 1.07 bits per heavy atom. The number of rotatable bonds is 4. The van der Waals surface area contributed by atoms with Crippen molar-refractivity contribution in [1.29, 1.82) is 0 Å². The van der Waals surface area contributed by atoms with Gasteiger partial charge in [0.2, 0.25) is 0 Å². The fourth-order valence-electron chi connectivity index (χ4n) is 6.54. The van der Waals surface area contributed by atoms with Gasteiger partial charge in [-0.3, -0.25) is 0 Å². The van der Waals surface area contributed by atoms with Crippen molar-refractivity contribution in [3.63, 3.8) is 0 Å². The third-order valence-corrected chi connectivity index (χ3v) is 9.71. The molecular formula is C41H26N2S. The molecule has 3 heteroatoms. The monoisotopic (exact) mass is 578 g/mol. The Hall–Kier alpha value is -5.51. The highest BCUT2D eigenvalue weighted by Gasteiger charge is 2.23. The van der Waals surface area contributed by atoms with Gasteiger partial charge in [0.1, 0.15) is 5.69 Å². The smallest absolute Gasteiger partial charge is 0.111 e. The van der Waals surface area contributed by atoms with Crippen molar-refractivity contribution >= 4 is 48.5 Å². The first-order valence-electron chi connectivity index (χ1n) is 14.9. The molecule has 0 atom stereocenters. The average Bonchev–Trinajstić information content (AvgIpc) is 3.71.